The second-order valence-corrected chi connectivity index (χ2v) is 5.77. The van der Waals surface area contributed by atoms with E-state index in [1.165, 1.54) is 12.2 Å². The van der Waals surface area contributed by atoms with E-state index in [0.717, 1.165) is 46.9 Å². The fourth-order valence-corrected chi connectivity index (χ4v) is 2.19. The van der Waals surface area contributed by atoms with Crippen molar-refractivity contribution in [2.24, 2.45) is 9.98 Å². The molecule has 198 valence electrons. The summed E-state index contributed by atoms with van der Waals surface area (Å²) < 4.78 is 5.58. The summed E-state index contributed by atoms with van der Waals surface area (Å²) >= 11 is 0. The fraction of sp³-hybridized carbons (Fsp3) is 0.0769. The molecule has 0 atom stereocenters. The van der Waals surface area contributed by atoms with Gasteiger partial charge in [-0.25, -0.2) is 60.4 Å². The van der Waals surface area contributed by atoms with Gasteiger partial charge in [0.05, 0.1) is 13.1 Å². The van der Waals surface area contributed by atoms with Crippen molar-refractivity contribution < 1.29 is 33.5 Å². The van der Waals surface area contributed by atoms with E-state index in [9.17, 15) is 9.59 Å². The van der Waals surface area contributed by atoms with E-state index in [1.807, 2.05) is 84.9 Å². The summed E-state index contributed by atoms with van der Waals surface area (Å²) in [6.45, 7) is 0.615. The maximum atomic E-state index is 9.87. The largest absolute Gasteiger partial charge is 0.457 e. The van der Waals surface area contributed by atoms with Crippen molar-refractivity contribution >= 4 is 36.5 Å². The molecular weight excluding hydrogens is 508 g/mol. The number of carbonyl (C=O) groups excluding carboxylic acids is 6. The van der Waals surface area contributed by atoms with Gasteiger partial charge in [0.1, 0.15) is 11.5 Å². The lowest BCUT2D eigenvalue weighted by atomic mass is 10.1. The first-order valence-electron chi connectivity index (χ1n) is 10.1. The molecule has 0 aliphatic heterocycles. The van der Waals surface area contributed by atoms with Gasteiger partial charge in [-0.3, -0.25) is 0 Å². The Morgan fingerprint density at radius 2 is 0.821 bits per heavy atom. The maximum absolute atomic E-state index is 9.87. The number of aliphatic imine (C=N–C) groups is 2. The van der Waals surface area contributed by atoms with Crippen molar-refractivity contribution in [3.8, 4) is 11.5 Å². The van der Waals surface area contributed by atoms with Crippen LogP contribution in [0, 0.1) is 21.6 Å². The summed E-state index contributed by atoms with van der Waals surface area (Å²) in [5.41, 5.74) is 1.79. The maximum Gasteiger partial charge on any atom is 0.235 e. The van der Waals surface area contributed by atoms with Crippen LogP contribution in [-0.4, -0.2) is 36.5 Å². The molecule has 0 fully saturated rings. The molecule has 0 heterocycles. The zero-order valence-corrected chi connectivity index (χ0v) is 20.2. The van der Waals surface area contributed by atoms with Gasteiger partial charge >= 0.3 is 0 Å². The van der Waals surface area contributed by atoms with Gasteiger partial charge in [0.2, 0.25) is 36.5 Å². The van der Waals surface area contributed by atoms with Crippen molar-refractivity contribution in [2.75, 3.05) is 0 Å². The molecule has 0 saturated heterocycles. The van der Waals surface area contributed by atoms with Crippen LogP contribution in [0.4, 0.5) is 0 Å². The highest BCUT2D eigenvalue weighted by atomic mass is 16.5. The van der Waals surface area contributed by atoms with Crippen molar-refractivity contribution in [3.63, 3.8) is 0 Å². The molecule has 0 amide bonds. The molecule has 13 nitrogen and oxygen atoms in total. The normalized spacial score (nSPS) is 7.08. The number of para-hydroxylation sites is 2. The fourth-order valence-electron chi connectivity index (χ4n) is 2.19. The third-order valence-electron chi connectivity index (χ3n) is 3.37. The Bertz CT molecular complexity index is 1160. The summed E-state index contributed by atoms with van der Waals surface area (Å²) in [6, 6.07) is 26.9. The highest BCUT2D eigenvalue weighted by Gasteiger charge is 1.94. The molecule has 0 radical (unpaired) electrons. The molecule has 39 heavy (non-hydrogen) atoms. The smallest absolute Gasteiger partial charge is 0.235 e. The van der Waals surface area contributed by atoms with Crippen LogP contribution in [0.2, 0.25) is 0 Å². The Labute approximate surface area is 222 Å². The second kappa shape index (κ2) is 31.7. The number of hydrogen-bond donors (Lipinski definition) is 4. The average Bonchev–Trinajstić information content (AvgIpc) is 2.94. The SMILES string of the molecule is N=C=O.N=C=O.N=C=O.N=C=O.O=C=NCc1cccc(CN=C=O)c1.c1ccc(Oc2ccccc2)cc1. The summed E-state index contributed by atoms with van der Waals surface area (Å²) in [6.07, 6.45) is 5.94. The molecule has 0 aliphatic carbocycles. The lowest BCUT2D eigenvalue weighted by Gasteiger charge is -2.03. The molecule has 0 saturated carbocycles. The van der Waals surface area contributed by atoms with Gasteiger partial charge < -0.3 is 4.74 Å². The van der Waals surface area contributed by atoms with Gasteiger partial charge in [-0.1, -0.05) is 60.7 Å². The molecule has 13 heteroatoms. The Hall–Kier alpha value is -6.26. The highest BCUT2D eigenvalue weighted by Crippen LogP contribution is 2.19. The molecule has 0 aromatic heterocycles. The van der Waals surface area contributed by atoms with E-state index < -0.39 is 0 Å². The van der Waals surface area contributed by atoms with Crippen LogP contribution in [0.15, 0.2) is 94.9 Å². The number of rotatable bonds is 6. The van der Waals surface area contributed by atoms with Crippen LogP contribution in [0.1, 0.15) is 11.1 Å². The topological polar surface area (TPSA) is 232 Å². The molecule has 4 N–H and O–H groups in total. The monoisotopic (exact) mass is 530 g/mol. The van der Waals surface area contributed by atoms with Crippen molar-refractivity contribution in [1.29, 1.82) is 21.6 Å². The molecule has 3 aromatic carbocycles. The van der Waals surface area contributed by atoms with Crippen LogP contribution in [0.3, 0.4) is 0 Å². The predicted octanol–water partition coefficient (Wildman–Crippen LogP) is 4.44. The molecule has 0 unspecified atom stereocenters. The van der Waals surface area contributed by atoms with Gasteiger partial charge in [0, 0.05) is 0 Å². The molecule has 0 spiro atoms. The minimum atomic E-state index is 0.308. The van der Waals surface area contributed by atoms with Crippen LogP contribution < -0.4 is 4.74 Å². The zero-order valence-electron chi connectivity index (χ0n) is 20.2. The van der Waals surface area contributed by atoms with Crippen LogP contribution >= 0.6 is 0 Å². The van der Waals surface area contributed by atoms with E-state index in [0.29, 0.717) is 13.1 Å². The van der Waals surface area contributed by atoms with Crippen LogP contribution in [0.5, 0.6) is 11.5 Å². The third-order valence-corrected chi connectivity index (χ3v) is 3.37. The van der Waals surface area contributed by atoms with E-state index in [-0.39, 0.29) is 0 Å². The van der Waals surface area contributed by atoms with E-state index in [2.05, 4.69) is 9.98 Å². The Morgan fingerprint density at radius 1 is 0.513 bits per heavy atom. The Kier molecular flexibility index (Phi) is 30.3. The summed E-state index contributed by atoms with van der Waals surface area (Å²) in [7, 11) is 0. The minimum Gasteiger partial charge on any atom is -0.457 e. The Balaban J connectivity index is -0.000000475. The van der Waals surface area contributed by atoms with Gasteiger partial charge in [0.15, 0.2) is 0 Å². The summed E-state index contributed by atoms with van der Waals surface area (Å²) in [5, 5.41) is 21.6. The first-order valence-corrected chi connectivity index (χ1v) is 10.1. The summed E-state index contributed by atoms with van der Waals surface area (Å²) in [5.74, 6) is 1.74. The highest BCUT2D eigenvalue weighted by molar-refractivity contribution is 5.35. The molecule has 3 rings (SSSR count). The van der Waals surface area contributed by atoms with Gasteiger partial charge in [-0.05, 0) is 35.4 Å². The Morgan fingerprint density at radius 3 is 1.10 bits per heavy atom. The van der Waals surface area contributed by atoms with E-state index >= 15 is 0 Å². The average molecular weight is 530 g/mol. The number of nitrogens with one attached hydrogen (secondary N) is 4. The van der Waals surface area contributed by atoms with Crippen molar-refractivity contribution in [3.05, 3.63) is 96.1 Å². The standard InChI is InChI=1S/C12H10O.C10H8N2O2.4CHNO/c1-3-7-11(8-4-1)13-12-9-5-2-6-10-12;13-7-11-5-9-2-1-3-10(4-9)6-12-8-14;4*2-1-3/h1-10H;1-4H,5-6H2;4*2H. The lowest BCUT2D eigenvalue weighted by Crippen LogP contribution is -1.85. The zero-order chi connectivity index (χ0) is 30.0. The predicted molar refractivity (Wildman–Crippen MR) is 137 cm³/mol. The van der Waals surface area contributed by atoms with Gasteiger partial charge in [-0.15, -0.1) is 0 Å². The lowest BCUT2D eigenvalue weighted by molar-refractivity contribution is 0.482. The number of isocyanates is 6. The van der Waals surface area contributed by atoms with E-state index in [4.69, 9.17) is 45.6 Å². The van der Waals surface area contributed by atoms with E-state index in [1.54, 1.807) is 0 Å². The molecule has 3 aromatic rings. The van der Waals surface area contributed by atoms with Crippen LogP contribution in [-0.2, 0) is 41.9 Å². The molecule has 0 aliphatic rings. The number of benzene rings is 3. The van der Waals surface area contributed by atoms with Gasteiger partial charge in [-0.2, -0.15) is 0 Å². The first-order chi connectivity index (χ1) is 19.0. The first kappa shape index (κ1) is 37.3. The minimum absolute atomic E-state index is 0.308. The number of hydrogen-bond acceptors (Lipinski definition) is 13. The molecule has 0 bridgehead atoms. The summed E-state index contributed by atoms with van der Waals surface area (Å²) in [4.78, 5) is 60.0. The van der Waals surface area contributed by atoms with Gasteiger partial charge in [0.25, 0.3) is 0 Å². The van der Waals surface area contributed by atoms with Crippen LogP contribution in [0.25, 0.3) is 0 Å². The number of ether oxygens (including phenoxy) is 1. The molecular formula is C26H22N6O7. The quantitative estimate of drug-likeness (QED) is 0.264. The number of nitrogens with zero attached hydrogens (tertiary/aromatic N) is 2. The van der Waals surface area contributed by atoms with Crippen molar-refractivity contribution in [1.82, 2.24) is 0 Å². The second-order valence-electron chi connectivity index (χ2n) is 5.77. The third kappa shape index (κ3) is 27.9. The van der Waals surface area contributed by atoms with Crippen molar-refractivity contribution in [2.45, 2.75) is 13.1 Å².